The molecule has 0 aliphatic carbocycles. The summed E-state index contributed by atoms with van der Waals surface area (Å²) in [6.07, 6.45) is 0. The molecule has 0 fully saturated rings. The number of carbonyl (C=O) groups excluding carboxylic acids is 2. The van der Waals surface area contributed by atoms with Crippen molar-refractivity contribution in [2.24, 2.45) is 0 Å². The van der Waals surface area contributed by atoms with Crippen molar-refractivity contribution in [2.75, 3.05) is 14.2 Å². The zero-order valence-electron chi connectivity index (χ0n) is 10.9. The van der Waals surface area contributed by atoms with Gasteiger partial charge in [-0.3, -0.25) is 0 Å². The Morgan fingerprint density at radius 3 is 0.957 bits per heavy atom. The van der Waals surface area contributed by atoms with E-state index in [0.29, 0.717) is 0 Å². The molecule has 0 aromatic heterocycles. The van der Waals surface area contributed by atoms with Gasteiger partial charge in [0.15, 0.2) is 0 Å². The lowest BCUT2D eigenvalue weighted by Gasteiger charge is -2.37. The molecule has 0 aromatic carbocycles. The zero-order chi connectivity index (χ0) is 19.1. The fraction of sp³-hybridized carbons (Fsp3) is 0.778. The second kappa shape index (κ2) is 5.70. The van der Waals surface area contributed by atoms with Crippen LogP contribution in [-0.4, -0.2) is 55.8 Å². The van der Waals surface area contributed by atoms with Crippen molar-refractivity contribution in [1.29, 1.82) is 0 Å². The average Bonchev–Trinajstić information content (AvgIpc) is 2.44. The molecule has 0 spiro atoms. The van der Waals surface area contributed by atoms with Crippen molar-refractivity contribution >= 4 is 11.9 Å². The molecule has 0 aromatic rings. The minimum Gasteiger partial charge on any atom is -0.464 e. The lowest BCUT2D eigenvalue weighted by Crippen LogP contribution is -2.70. The van der Waals surface area contributed by atoms with Crippen molar-refractivity contribution in [2.45, 2.75) is 29.6 Å². The molecule has 0 bridgehead atoms. The largest absolute Gasteiger partial charge is 0.464 e. The molecular weight excluding hydrogens is 362 g/mol. The summed E-state index contributed by atoms with van der Waals surface area (Å²) in [4.78, 5) is 20.8. The number of hydrogen-bond acceptors (Lipinski definition) is 4. The van der Waals surface area contributed by atoms with Gasteiger partial charge in [-0.2, -0.15) is 43.9 Å². The number of rotatable bonds is 6. The summed E-state index contributed by atoms with van der Waals surface area (Å²) in [5.41, 5.74) is 0. The van der Waals surface area contributed by atoms with Gasteiger partial charge in [-0.1, -0.05) is 0 Å². The SMILES string of the molecule is COC(=O)C(F)(F)C(F)(F)C(F)(F)C(F)(F)C(F)(F)C(=O)OC. The van der Waals surface area contributed by atoms with Gasteiger partial charge in [-0.25, -0.2) is 9.59 Å². The number of methoxy groups -OCH3 is 2. The van der Waals surface area contributed by atoms with Gasteiger partial charge in [0.1, 0.15) is 0 Å². The smallest absolute Gasteiger partial charge is 0.410 e. The number of hydrogen-bond donors (Lipinski definition) is 0. The molecule has 0 saturated heterocycles. The Labute approximate surface area is 120 Å². The number of carbonyl (C=O) groups is 2. The molecule has 0 amide bonds. The summed E-state index contributed by atoms with van der Waals surface area (Å²) < 4.78 is 136. The summed E-state index contributed by atoms with van der Waals surface area (Å²) in [5, 5.41) is 0. The first-order valence-electron chi connectivity index (χ1n) is 5.02. The van der Waals surface area contributed by atoms with E-state index in [0.717, 1.165) is 0 Å². The van der Waals surface area contributed by atoms with Crippen LogP contribution in [0.3, 0.4) is 0 Å². The van der Waals surface area contributed by atoms with Crippen LogP contribution in [0.25, 0.3) is 0 Å². The normalized spacial score (nSPS) is 14.4. The third-order valence-corrected chi connectivity index (χ3v) is 2.46. The molecule has 23 heavy (non-hydrogen) atoms. The lowest BCUT2D eigenvalue weighted by atomic mass is 9.94. The van der Waals surface area contributed by atoms with E-state index in [1.54, 1.807) is 0 Å². The van der Waals surface area contributed by atoms with Crippen LogP contribution in [0.2, 0.25) is 0 Å². The maximum Gasteiger partial charge on any atom is 0.410 e. The maximum atomic E-state index is 13.1. The monoisotopic (exact) mass is 368 g/mol. The van der Waals surface area contributed by atoms with Crippen molar-refractivity contribution in [3.05, 3.63) is 0 Å². The first kappa shape index (κ1) is 21.2. The molecule has 0 aliphatic heterocycles. The summed E-state index contributed by atoms with van der Waals surface area (Å²) in [6, 6.07) is 0. The third kappa shape index (κ3) is 2.67. The van der Waals surface area contributed by atoms with Crippen LogP contribution in [0, 0.1) is 0 Å². The highest BCUT2D eigenvalue weighted by atomic mass is 19.4. The van der Waals surface area contributed by atoms with E-state index in [1.165, 1.54) is 0 Å². The van der Waals surface area contributed by atoms with Crippen LogP contribution >= 0.6 is 0 Å². The van der Waals surface area contributed by atoms with E-state index >= 15 is 0 Å². The maximum absolute atomic E-state index is 13.1. The van der Waals surface area contributed by atoms with Crippen molar-refractivity contribution in [3.63, 3.8) is 0 Å². The highest BCUT2D eigenvalue weighted by Crippen LogP contribution is 2.57. The van der Waals surface area contributed by atoms with Crippen LogP contribution in [0.15, 0.2) is 0 Å². The van der Waals surface area contributed by atoms with E-state index < -0.39 is 41.6 Å². The van der Waals surface area contributed by atoms with Crippen LogP contribution in [0.4, 0.5) is 43.9 Å². The highest BCUT2D eigenvalue weighted by Gasteiger charge is 2.89. The van der Waals surface area contributed by atoms with E-state index in [9.17, 15) is 53.5 Å². The van der Waals surface area contributed by atoms with Crippen LogP contribution < -0.4 is 0 Å². The standard InChI is InChI=1S/C9H6F10O4/c1-22-3(20)5(10,11)7(14,15)9(18,19)8(16,17)6(12,13)4(21)23-2/h1-2H3. The summed E-state index contributed by atoms with van der Waals surface area (Å²) >= 11 is 0. The first-order valence-corrected chi connectivity index (χ1v) is 5.02. The zero-order valence-corrected chi connectivity index (χ0v) is 10.9. The first-order chi connectivity index (χ1) is 9.96. The number of halogens is 10. The van der Waals surface area contributed by atoms with Gasteiger partial charge in [0.2, 0.25) is 0 Å². The minimum absolute atomic E-state index is 0.0195. The summed E-state index contributed by atoms with van der Waals surface area (Å²) in [6.45, 7) is 0. The van der Waals surface area contributed by atoms with Crippen LogP contribution in [-0.2, 0) is 19.1 Å². The van der Waals surface area contributed by atoms with Crippen molar-refractivity contribution < 1.29 is 63.0 Å². The Morgan fingerprint density at radius 1 is 0.565 bits per heavy atom. The quantitative estimate of drug-likeness (QED) is 0.534. The molecule has 0 rings (SSSR count). The van der Waals surface area contributed by atoms with Gasteiger partial charge < -0.3 is 9.47 Å². The minimum atomic E-state index is -7.55. The lowest BCUT2D eigenvalue weighted by molar-refractivity contribution is -0.391. The predicted molar refractivity (Wildman–Crippen MR) is 48.8 cm³/mol. The Hall–Kier alpha value is -1.76. The predicted octanol–water partition coefficient (Wildman–Crippen LogP) is 2.51. The molecule has 136 valence electrons. The fourth-order valence-corrected chi connectivity index (χ4v) is 1.10. The Morgan fingerprint density at radius 2 is 0.783 bits per heavy atom. The number of ether oxygens (including phenoxy) is 2. The van der Waals surface area contributed by atoms with Gasteiger partial charge in [-0.15, -0.1) is 0 Å². The van der Waals surface area contributed by atoms with E-state index in [1.807, 2.05) is 0 Å². The summed E-state index contributed by atoms with van der Waals surface area (Å²) in [7, 11) is 0.0390. The molecule has 0 N–H and O–H groups in total. The molecule has 14 heteroatoms. The van der Waals surface area contributed by atoms with E-state index in [2.05, 4.69) is 9.47 Å². The van der Waals surface area contributed by atoms with Crippen LogP contribution in [0.5, 0.6) is 0 Å². The Bertz CT molecular complexity index is 445. The van der Waals surface area contributed by atoms with Gasteiger partial charge in [-0.05, 0) is 0 Å². The van der Waals surface area contributed by atoms with Gasteiger partial charge in [0.25, 0.3) is 0 Å². The molecule has 0 aliphatic rings. The molecule has 0 radical (unpaired) electrons. The van der Waals surface area contributed by atoms with E-state index in [4.69, 9.17) is 0 Å². The van der Waals surface area contributed by atoms with E-state index in [-0.39, 0.29) is 14.2 Å². The fourth-order valence-electron chi connectivity index (χ4n) is 1.10. The molecule has 0 unspecified atom stereocenters. The number of esters is 2. The number of alkyl halides is 10. The van der Waals surface area contributed by atoms with Crippen LogP contribution in [0.1, 0.15) is 0 Å². The van der Waals surface area contributed by atoms with Gasteiger partial charge in [0.05, 0.1) is 14.2 Å². The second-order valence-corrected chi connectivity index (χ2v) is 3.86. The average molecular weight is 368 g/mol. The summed E-state index contributed by atoms with van der Waals surface area (Å²) in [5.74, 6) is -42.2. The molecule has 0 heterocycles. The molecule has 0 atom stereocenters. The molecule has 0 saturated carbocycles. The second-order valence-electron chi connectivity index (χ2n) is 3.86. The molecule has 4 nitrogen and oxygen atoms in total. The van der Waals surface area contributed by atoms with Gasteiger partial charge in [0, 0.05) is 0 Å². The van der Waals surface area contributed by atoms with Crippen molar-refractivity contribution in [1.82, 2.24) is 0 Å². The topological polar surface area (TPSA) is 52.6 Å². The Kier molecular flexibility index (Phi) is 5.27. The highest BCUT2D eigenvalue weighted by molar-refractivity contribution is 5.80. The molecular formula is C9H6F10O4. The Balaban J connectivity index is 6.24. The van der Waals surface area contributed by atoms with Crippen molar-refractivity contribution in [3.8, 4) is 0 Å². The van der Waals surface area contributed by atoms with Gasteiger partial charge >= 0.3 is 41.6 Å². The third-order valence-electron chi connectivity index (χ3n) is 2.46.